The first kappa shape index (κ1) is 22.7. The summed E-state index contributed by atoms with van der Waals surface area (Å²) in [5.41, 5.74) is 3.42. The van der Waals surface area contributed by atoms with Crippen LogP contribution in [0.5, 0.6) is 0 Å². The SMILES string of the molecule is O=C1N[C@@]2(CCCc3ccccc32)C(=O)N1CN1CCN(S(=O)(=O)c2ccc3c(c2)CCC3)CC1. The minimum Gasteiger partial charge on any atom is -0.319 e. The van der Waals surface area contributed by atoms with Crippen molar-refractivity contribution < 1.29 is 18.0 Å². The van der Waals surface area contributed by atoms with Gasteiger partial charge >= 0.3 is 6.03 Å². The molecule has 1 spiro atoms. The molecule has 2 aromatic rings. The molecule has 2 heterocycles. The second kappa shape index (κ2) is 8.43. The van der Waals surface area contributed by atoms with E-state index in [1.165, 1.54) is 14.8 Å². The summed E-state index contributed by atoms with van der Waals surface area (Å²) in [6.07, 6.45) is 5.37. The van der Waals surface area contributed by atoms with Crippen LogP contribution in [-0.2, 0) is 39.6 Å². The van der Waals surface area contributed by atoms with Gasteiger partial charge in [0.25, 0.3) is 5.91 Å². The lowest BCUT2D eigenvalue weighted by molar-refractivity contribution is -0.133. The molecule has 2 aromatic carbocycles. The summed E-state index contributed by atoms with van der Waals surface area (Å²) in [6.45, 7) is 1.75. The maximum atomic E-state index is 13.5. The molecular formula is C26H30N4O4S. The number of amides is 3. The van der Waals surface area contributed by atoms with Crippen molar-refractivity contribution in [2.24, 2.45) is 0 Å². The number of nitrogens with one attached hydrogen (secondary N) is 1. The maximum absolute atomic E-state index is 13.5. The van der Waals surface area contributed by atoms with Crippen molar-refractivity contribution in [2.45, 2.75) is 49.0 Å². The number of imide groups is 1. The minimum atomic E-state index is -3.56. The zero-order chi connectivity index (χ0) is 24.2. The van der Waals surface area contributed by atoms with Gasteiger partial charge in [-0.2, -0.15) is 4.31 Å². The summed E-state index contributed by atoms with van der Waals surface area (Å²) < 4.78 is 28.0. The van der Waals surface area contributed by atoms with Gasteiger partial charge in [-0.05, 0) is 72.9 Å². The van der Waals surface area contributed by atoms with Crippen LogP contribution < -0.4 is 5.32 Å². The lowest BCUT2D eigenvalue weighted by atomic mass is 9.76. The molecule has 184 valence electrons. The molecule has 2 aliphatic heterocycles. The third-order valence-corrected chi connectivity index (χ3v) is 9.93. The van der Waals surface area contributed by atoms with Gasteiger partial charge in [0, 0.05) is 26.2 Å². The molecule has 2 saturated heterocycles. The highest BCUT2D eigenvalue weighted by molar-refractivity contribution is 7.89. The number of carbonyl (C=O) groups excluding carboxylic acids is 2. The van der Waals surface area contributed by atoms with Gasteiger partial charge in [-0.15, -0.1) is 0 Å². The Morgan fingerprint density at radius 3 is 2.43 bits per heavy atom. The number of fused-ring (bicyclic) bond motifs is 3. The molecule has 4 aliphatic rings. The molecule has 1 N–H and O–H groups in total. The van der Waals surface area contributed by atoms with E-state index in [-0.39, 0.29) is 18.6 Å². The molecule has 0 radical (unpaired) electrons. The number of nitrogens with zero attached hydrogens (tertiary/aromatic N) is 3. The normalized spacial score (nSPS) is 25.1. The number of urea groups is 1. The van der Waals surface area contributed by atoms with E-state index in [1.54, 1.807) is 6.07 Å². The standard InChI is InChI=1S/C26H30N4O4S/c31-24-26(12-4-8-20-5-1-2-9-23(20)26)27-25(32)30(24)18-28-13-15-29(16-14-28)35(33,34)22-11-10-19-6-3-7-21(19)17-22/h1-2,5,9-11,17H,3-4,6-8,12-16,18H2,(H,27,32)/t26-/m1/s1. The molecule has 8 nitrogen and oxygen atoms in total. The Labute approximate surface area is 205 Å². The van der Waals surface area contributed by atoms with Crippen molar-refractivity contribution in [1.82, 2.24) is 19.4 Å². The number of benzene rings is 2. The molecule has 2 aliphatic carbocycles. The van der Waals surface area contributed by atoms with Crippen LogP contribution in [0.2, 0.25) is 0 Å². The van der Waals surface area contributed by atoms with E-state index >= 15 is 0 Å². The summed E-state index contributed by atoms with van der Waals surface area (Å²) >= 11 is 0. The van der Waals surface area contributed by atoms with E-state index < -0.39 is 15.6 Å². The maximum Gasteiger partial charge on any atom is 0.326 e. The number of aryl methyl sites for hydroxylation is 3. The summed E-state index contributed by atoms with van der Waals surface area (Å²) in [5.74, 6) is -0.206. The molecule has 35 heavy (non-hydrogen) atoms. The van der Waals surface area contributed by atoms with Crippen LogP contribution in [0.1, 0.15) is 41.5 Å². The van der Waals surface area contributed by atoms with Gasteiger partial charge in [0.15, 0.2) is 0 Å². The third-order valence-electron chi connectivity index (χ3n) is 8.03. The van der Waals surface area contributed by atoms with Crippen molar-refractivity contribution in [3.05, 3.63) is 64.7 Å². The van der Waals surface area contributed by atoms with E-state index in [0.29, 0.717) is 37.5 Å². The van der Waals surface area contributed by atoms with E-state index in [2.05, 4.69) is 5.32 Å². The quantitative estimate of drug-likeness (QED) is 0.659. The molecule has 0 unspecified atom stereocenters. The Hall–Kier alpha value is -2.75. The van der Waals surface area contributed by atoms with Gasteiger partial charge in [-0.1, -0.05) is 30.3 Å². The molecule has 2 fully saturated rings. The third kappa shape index (κ3) is 3.68. The van der Waals surface area contributed by atoms with Gasteiger partial charge in [-0.25, -0.2) is 18.1 Å². The first-order chi connectivity index (χ1) is 16.9. The second-order valence-electron chi connectivity index (χ2n) is 10.0. The topological polar surface area (TPSA) is 90.0 Å². The molecular weight excluding hydrogens is 464 g/mol. The number of hydrogen-bond acceptors (Lipinski definition) is 5. The zero-order valence-corrected chi connectivity index (χ0v) is 20.5. The first-order valence-corrected chi connectivity index (χ1v) is 13.9. The molecule has 1 atom stereocenters. The molecule has 0 bridgehead atoms. The Kier molecular flexibility index (Phi) is 5.47. The zero-order valence-electron chi connectivity index (χ0n) is 19.7. The number of hydrogen-bond donors (Lipinski definition) is 1. The predicted molar refractivity (Wildman–Crippen MR) is 130 cm³/mol. The van der Waals surface area contributed by atoms with Crippen LogP contribution in [0.3, 0.4) is 0 Å². The van der Waals surface area contributed by atoms with Crippen molar-refractivity contribution >= 4 is 22.0 Å². The highest BCUT2D eigenvalue weighted by atomic mass is 32.2. The fraction of sp³-hybridized carbons (Fsp3) is 0.462. The number of rotatable bonds is 4. The van der Waals surface area contributed by atoms with Crippen LogP contribution in [-0.4, -0.2) is 67.3 Å². The highest BCUT2D eigenvalue weighted by Crippen LogP contribution is 2.40. The van der Waals surface area contributed by atoms with Gasteiger partial charge in [-0.3, -0.25) is 9.69 Å². The van der Waals surface area contributed by atoms with Gasteiger partial charge in [0.05, 0.1) is 11.6 Å². The lowest BCUT2D eigenvalue weighted by Gasteiger charge is -2.36. The van der Waals surface area contributed by atoms with Gasteiger partial charge in [0.2, 0.25) is 10.0 Å². The van der Waals surface area contributed by atoms with Crippen molar-refractivity contribution in [1.29, 1.82) is 0 Å². The summed E-state index contributed by atoms with van der Waals surface area (Å²) in [5, 5.41) is 2.99. The van der Waals surface area contributed by atoms with Gasteiger partial charge < -0.3 is 5.32 Å². The average Bonchev–Trinajstić information content (AvgIpc) is 3.43. The van der Waals surface area contributed by atoms with E-state index in [9.17, 15) is 18.0 Å². The molecule has 0 aromatic heterocycles. The Morgan fingerprint density at radius 1 is 0.857 bits per heavy atom. The summed E-state index contributed by atoms with van der Waals surface area (Å²) in [4.78, 5) is 30.1. The Morgan fingerprint density at radius 2 is 1.60 bits per heavy atom. The van der Waals surface area contributed by atoms with Crippen LogP contribution >= 0.6 is 0 Å². The fourth-order valence-corrected chi connectivity index (χ4v) is 7.58. The summed E-state index contributed by atoms with van der Waals surface area (Å²) in [7, 11) is -3.56. The fourth-order valence-electron chi connectivity index (χ4n) is 6.11. The minimum absolute atomic E-state index is 0.168. The number of carbonyl (C=O) groups is 2. The predicted octanol–water partition coefficient (Wildman–Crippen LogP) is 2.22. The van der Waals surface area contributed by atoms with Crippen LogP contribution in [0.15, 0.2) is 47.4 Å². The van der Waals surface area contributed by atoms with Crippen molar-refractivity contribution in [2.75, 3.05) is 32.8 Å². The largest absolute Gasteiger partial charge is 0.326 e. The highest BCUT2D eigenvalue weighted by Gasteiger charge is 2.54. The van der Waals surface area contributed by atoms with E-state index in [0.717, 1.165) is 48.8 Å². The lowest BCUT2D eigenvalue weighted by Crippen LogP contribution is -2.53. The Balaban J connectivity index is 1.13. The molecule has 6 rings (SSSR count). The van der Waals surface area contributed by atoms with Crippen LogP contribution in [0.25, 0.3) is 0 Å². The smallest absolute Gasteiger partial charge is 0.319 e. The first-order valence-electron chi connectivity index (χ1n) is 12.5. The molecule has 9 heteroatoms. The molecule has 0 saturated carbocycles. The average molecular weight is 495 g/mol. The van der Waals surface area contributed by atoms with Crippen molar-refractivity contribution in [3.63, 3.8) is 0 Å². The molecule has 3 amide bonds. The second-order valence-corrected chi connectivity index (χ2v) is 12.0. The van der Waals surface area contributed by atoms with Gasteiger partial charge in [0.1, 0.15) is 5.54 Å². The van der Waals surface area contributed by atoms with Crippen LogP contribution in [0, 0.1) is 0 Å². The van der Waals surface area contributed by atoms with E-state index in [1.807, 2.05) is 41.3 Å². The van der Waals surface area contributed by atoms with E-state index in [4.69, 9.17) is 0 Å². The number of piperazine rings is 1. The summed E-state index contributed by atoms with van der Waals surface area (Å²) in [6, 6.07) is 13.0. The van der Waals surface area contributed by atoms with Crippen LogP contribution in [0.4, 0.5) is 4.79 Å². The van der Waals surface area contributed by atoms with Crippen molar-refractivity contribution in [3.8, 4) is 0 Å². The monoisotopic (exact) mass is 494 g/mol. The number of sulfonamides is 1. The Bertz CT molecular complexity index is 1300.